The molecule has 2 unspecified atom stereocenters. The van der Waals surface area contributed by atoms with Crippen LogP contribution in [0.15, 0.2) is 0 Å². The average Bonchev–Trinajstić information content (AvgIpc) is 2.53. The maximum Gasteiger partial charge on any atom is 0.195 e. The van der Waals surface area contributed by atoms with Gasteiger partial charge in [0.15, 0.2) is 4.77 Å². The van der Waals surface area contributed by atoms with Crippen molar-refractivity contribution in [3.63, 3.8) is 0 Å². The zero-order valence-corrected chi connectivity index (χ0v) is 10.3. The normalized spacial score (nSPS) is 26.8. The van der Waals surface area contributed by atoms with Crippen LogP contribution in [0.25, 0.3) is 0 Å². The van der Waals surface area contributed by atoms with E-state index < -0.39 is 0 Å². The van der Waals surface area contributed by atoms with Crippen LogP contribution in [-0.4, -0.2) is 14.8 Å². The number of aromatic amines is 1. The maximum atomic E-state index is 5.22. The molecule has 0 bridgehead atoms. The van der Waals surface area contributed by atoms with Crippen LogP contribution in [0.4, 0.5) is 0 Å². The summed E-state index contributed by atoms with van der Waals surface area (Å²) in [6, 6.07) is 0. The van der Waals surface area contributed by atoms with E-state index >= 15 is 0 Å². The van der Waals surface area contributed by atoms with Crippen LogP contribution in [0, 0.1) is 23.5 Å². The number of aromatic nitrogens is 3. The van der Waals surface area contributed by atoms with E-state index in [-0.39, 0.29) is 0 Å². The zero-order chi connectivity index (χ0) is 10.8. The van der Waals surface area contributed by atoms with Gasteiger partial charge in [0.25, 0.3) is 0 Å². The maximum absolute atomic E-state index is 5.22. The van der Waals surface area contributed by atoms with Crippen LogP contribution in [0.1, 0.15) is 38.4 Å². The molecule has 2 rings (SSSR count). The number of H-pyrrole nitrogens is 1. The summed E-state index contributed by atoms with van der Waals surface area (Å²) in [4.78, 5) is 0. The lowest BCUT2D eigenvalue weighted by Crippen LogP contribution is -2.22. The summed E-state index contributed by atoms with van der Waals surface area (Å²) in [5, 5.41) is 7.01. The second-order valence-corrected chi connectivity index (χ2v) is 5.10. The van der Waals surface area contributed by atoms with Gasteiger partial charge in [0.05, 0.1) is 0 Å². The number of nitrogens with zero attached hydrogens (tertiary/aromatic N) is 2. The molecule has 0 amide bonds. The number of hydrogen-bond acceptors (Lipinski definition) is 2. The molecule has 1 fully saturated rings. The lowest BCUT2D eigenvalue weighted by atomic mass is 9.80. The van der Waals surface area contributed by atoms with Gasteiger partial charge in [-0.15, -0.1) is 0 Å². The van der Waals surface area contributed by atoms with Crippen molar-refractivity contribution >= 4 is 12.2 Å². The molecular weight excluding hydrogens is 206 g/mol. The summed E-state index contributed by atoms with van der Waals surface area (Å²) >= 11 is 5.22. The lowest BCUT2D eigenvalue weighted by Gasteiger charge is -2.29. The molecule has 84 valence electrons. The largest absolute Gasteiger partial charge is 0.304 e. The summed E-state index contributed by atoms with van der Waals surface area (Å²) in [5.41, 5.74) is 0. The number of aryl methyl sites for hydroxylation is 1. The first-order valence-electron chi connectivity index (χ1n) is 5.80. The highest BCUT2D eigenvalue weighted by molar-refractivity contribution is 7.71. The molecule has 0 aromatic carbocycles. The van der Waals surface area contributed by atoms with Crippen LogP contribution >= 0.6 is 12.2 Å². The SMILES string of the molecule is Cc1n[nH]c(=S)n1CC1CCCCC1C. The number of hydrogen-bond donors (Lipinski definition) is 1. The van der Waals surface area contributed by atoms with Crippen molar-refractivity contribution in [1.29, 1.82) is 0 Å². The fraction of sp³-hybridized carbons (Fsp3) is 0.818. The first-order valence-corrected chi connectivity index (χ1v) is 6.21. The molecule has 1 N–H and O–H groups in total. The Morgan fingerprint density at radius 1 is 1.47 bits per heavy atom. The first-order chi connectivity index (χ1) is 7.18. The molecule has 0 spiro atoms. The summed E-state index contributed by atoms with van der Waals surface area (Å²) in [6.45, 7) is 5.42. The minimum atomic E-state index is 0.769. The summed E-state index contributed by atoms with van der Waals surface area (Å²) < 4.78 is 2.91. The average molecular weight is 225 g/mol. The Hall–Kier alpha value is -0.640. The Balaban J connectivity index is 2.10. The van der Waals surface area contributed by atoms with Crippen molar-refractivity contribution in [2.24, 2.45) is 11.8 Å². The summed E-state index contributed by atoms with van der Waals surface area (Å²) in [6.07, 6.45) is 5.48. The zero-order valence-electron chi connectivity index (χ0n) is 9.49. The van der Waals surface area contributed by atoms with Gasteiger partial charge >= 0.3 is 0 Å². The van der Waals surface area contributed by atoms with Crippen LogP contribution in [0.5, 0.6) is 0 Å². The molecule has 15 heavy (non-hydrogen) atoms. The minimum absolute atomic E-state index is 0.769. The molecule has 1 aliphatic rings. The van der Waals surface area contributed by atoms with Gasteiger partial charge in [-0.1, -0.05) is 26.2 Å². The molecule has 0 aliphatic heterocycles. The van der Waals surface area contributed by atoms with Gasteiger partial charge in [-0.3, -0.25) is 5.10 Å². The smallest absolute Gasteiger partial charge is 0.195 e. The monoisotopic (exact) mass is 225 g/mol. The fourth-order valence-electron chi connectivity index (χ4n) is 2.51. The molecule has 1 aliphatic carbocycles. The molecule has 0 saturated heterocycles. The van der Waals surface area contributed by atoms with Gasteiger partial charge in [-0.2, -0.15) is 5.10 Å². The third-order valence-electron chi connectivity index (χ3n) is 3.66. The second kappa shape index (κ2) is 4.47. The van der Waals surface area contributed by atoms with E-state index in [0.717, 1.165) is 29.0 Å². The third-order valence-corrected chi connectivity index (χ3v) is 3.97. The summed E-state index contributed by atoms with van der Waals surface area (Å²) in [7, 11) is 0. The van der Waals surface area contributed by atoms with Gasteiger partial charge in [-0.05, 0) is 37.4 Å². The predicted molar refractivity (Wildman–Crippen MR) is 63.3 cm³/mol. The van der Waals surface area contributed by atoms with Crippen LogP contribution in [0.2, 0.25) is 0 Å². The number of nitrogens with one attached hydrogen (secondary N) is 1. The van der Waals surface area contributed by atoms with Crippen molar-refractivity contribution in [2.45, 2.75) is 46.1 Å². The molecule has 2 atom stereocenters. The van der Waals surface area contributed by atoms with E-state index in [4.69, 9.17) is 12.2 Å². The third kappa shape index (κ3) is 2.30. The van der Waals surface area contributed by atoms with E-state index in [9.17, 15) is 0 Å². The molecule has 1 heterocycles. The quantitative estimate of drug-likeness (QED) is 0.785. The lowest BCUT2D eigenvalue weighted by molar-refractivity contribution is 0.226. The highest BCUT2D eigenvalue weighted by Crippen LogP contribution is 2.30. The molecule has 1 aromatic rings. The van der Waals surface area contributed by atoms with E-state index in [1.165, 1.54) is 25.7 Å². The minimum Gasteiger partial charge on any atom is -0.304 e. The molecule has 4 heteroatoms. The van der Waals surface area contributed by atoms with Crippen molar-refractivity contribution in [2.75, 3.05) is 0 Å². The van der Waals surface area contributed by atoms with Crippen LogP contribution in [-0.2, 0) is 6.54 Å². The Labute approximate surface area is 95.9 Å². The van der Waals surface area contributed by atoms with Crippen LogP contribution in [0.3, 0.4) is 0 Å². The second-order valence-electron chi connectivity index (χ2n) is 4.71. The predicted octanol–water partition coefficient (Wildman–Crippen LogP) is 3.08. The van der Waals surface area contributed by atoms with Crippen molar-refractivity contribution in [3.8, 4) is 0 Å². The fourth-order valence-corrected chi connectivity index (χ4v) is 2.76. The van der Waals surface area contributed by atoms with Gasteiger partial charge in [0, 0.05) is 6.54 Å². The molecule has 1 aromatic heterocycles. The molecule has 0 radical (unpaired) electrons. The number of rotatable bonds is 2. The van der Waals surface area contributed by atoms with E-state index in [1.54, 1.807) is 0 Å². The highest BCUT2D eigenvalue weighted by Gasteiger charge is 2.22. The Bertz CT molecular complexity index is 379. The van der Waals surface area contributed by atoms with Gasteiger partial charge in [0.2, 0.25) is 0 Å². The van der Waals surface area contributed by atoms with E-state index in [1.807, 2.05) is 6.92 Å². The van der Waals surface area contributed by atoms with Crippen molar-refractivity contribution in [3.05, 3.63) is 10.6 Å². The molecule has 1 saturated carbocycles. The van der Waals surface area contributed by atoms with E-state index in [2.05, 4.69) is 21.7 Å². The molecule has 3 nitrogen and oxygen atoms in total. The Morgan fingerprint density at radius 3 is 2.80 bits per heavy atom. The first kappa shape index (κ1) is 10.9. The topological polar surface area (TPSA) is 33.6 Å². The van der Waals surface area contributed by atoms with Crippen molar-refractivity contribution < 1.29 is 0 Å². The van der Waals surface area contributed by atoms with Gasteiger partial charge < -0.3 is 4.57 Å². The highest BCUT2D eigenvalue weighted by atomic mass is 32.1. The standard InChI is InChI=1S/C11H19N3S/c1-8-5-3-4-6-10(8)7-14-9(2)12-13-11(14)15/h8,10H,3-7H2,1-2H3,(H,13,15). The van der Waals surface area contributed by atoms with Gasteiger partial charge in [0.1, 0.15) is 5.82 Å². The molecular formula is C11H19N3S. The van der Waals surface area contributed by atoms with Gasteiger partial charge in [-0.25, -0.2) is 0 Å². The summed E-state index contributed by atoms with van der Waals surface area (Å²) in [5.74, 6) is 2.62. The Morgan fingerprint density at radius 2 is 2.20 bits per heavy atom. The van der Waals surface area contributed by atoms with E-state index in [0.29, 0.717) is 0 Å². The Kier molecular flexibility index (Phi) is 3.24. The van der Waals surface area contributed by atoms with Crippen molar-refractivity contribution in [1.82, 2.24) is 14.8 Å². The van der Waals surface area contributed by atoms with Crippen LogP contribution < -0.4 is 0 Å².